The predicted octanol–water partition coefficient (Wildman–Crippen LogP) is 4.10. The van der Waals surface area contributed by atoms with E-state index in [9.17, 15) is 10.1 Å². The highest BCUT2D eigenvalue weighted by atomic mass is 35.5. The Hall–Kier alpha value is -1.59. The van der Waals surface area contributed by atoms with Crippen LogP contribution in [0.15, 0.2) is 46.3 Å². The summed E-state index contributed by atoms with van der Waals surface area (Å²) in [6.07, 6.45) is 0. The number of nitrogens with zero attached hydrogens (tertiary/aromatic N) is 2. The van der Waals surface area contributed by atoms with Gasteiger partial charge in [-0.2, -0.15) is 0 Å². The fourth-order valence-corrected chi connectivity index (χ4v) is 2.43. The zero-order chi connectivity index (χ0) is 13.1. The molecule has 1 aromatic heterocycles. The molecule has 0 radical (unpaired) electrons. The Morgan fingerprint density at radius 1 is 1.22 bits per heavy atom. The molecule has 6 heteroatoms. The quantitative estimate of drug-likeness (QED) is 0.482. The van der Waals surface area contributed by atoms with E-state index < -0.39 is 4.92 Å². The summed E-state index contributed by atoms with van der Waals surface area (Å²) in [6, 6.07) is 10.5. The van der Waals surface area contributed by atoms with Crippen LogP contribution in [0.3, 0.4) is 0 Å². The lowest BCUT2D eigenvalue weighted by Crippen LogP contribution is -1.93. The third-order valence-corrected chi connectivity index (χ3v) is 3.45. The SMILES string of the molecule is Cc1ccc(Sc2nc(Cl)ccc2[N+](=O)[O-])cc1. The minimum Gasteiger partial charge on any atom is -0.258 e. The van der Waals surface area contributed by atoms with E-state index >= 15 is 0 Å². The molecule has 4 nitrogen and oxygen atoms in total. The van der Waals surface area contributed by atoms with E-state index in [0.717, 1.165) is 10.5 Å². The molecule has 0 N–H and O–H groups in total. The van der Waals surface area contributed by atoms with Gasteiger partial charge in [-0.05, 0) is 25.1 Å². The number of rotatable bonds is 3. The van der Waals surface area contributed by atoms with Crippen molar-refractivity contribution in [2.75, 3.05) is 0 Å². The van der Waals surface area contributed by atoms with E-state index in [4.69, 9.17) is 11.6 Å². The highest BCUT2D eigenvalue weighted by Crippen LogP contribution is 2.34. The second-order valence-electron chi connectivity index (χ2n) is 3.63. The van der Waals surface area contributed by atoms with E-state index in [1.54, 1.807) is 0 Å². The van der Waals surface area contributed by atoms with Gasteiger partial charge in [0.05, 0.1) is 4.92 Å². The Morgan fingerprint density at radius 2 is 1.89 bits per heavy atom. The van der Waals surface area contributed by atoms with Gasteiger partial charge < -0.3 is 0 Å². The lowest BCUT2D eigenvalue weighted by atomic mass is 10.2. The van der Waals surface area contributed by atoms with Crippen molar-refractivity contribution in [2.24, 2.45) is 0 Å². The first-order valence-corrected chi connectivity index (χ1v) is 6.31. The normalized spacial score (nSPS) is 10.3. The number of pyridine rings is 1. The molecule has 0 atom stereocenters. The fourth-order valence-electron chi connectivity index (χ4n) is 1.34. The first-order valence-electron chi connectivity index (χ1n) is 5.12. The summed E-state index contributed by atoms with van der Waals surface area (Å²) in [5.41, 5.74) is 1.10. The van der Waals surface area contributed by atoms with Gasteiger partial charge in [0.2, 0.25) is 0 Å². The summed E-state index contributed by atoms with van der Waals surface area (Å²) in [6.45, 7) is 1.98. The van der Waals surface area contributed by atoms with E-state index in [0.29, 0.717) is 5.03 Å². The van der Waals surface area contributed by atoms with Gasteiger partial charge in [-0.3, -0.25) is 10.1 Å². The van der Waals surface area contributed by atoms with Crippen LogP contribution < -0.4 is 0 Å². The number of hydrogen-bond acceptors (Lipinski definition) is 4. The third kappa shape index (κ3) is 3.00. The average Bonchev–Trinajstić information content (AvgIpc) is 2.32. The maximum Gasteiger partial charge on any atom is 0.301 e. The Morgan fingerprint density at radius 3 is 2.50 bits per heavy atom. The van der Waals surface area contributed by atoms with Crippen LogP contribution in [0, 0.1) is 17.0 Å². The maximum atomic E-state index is 10.9. The van der Waals surface area contributed by atoms with Crippen LogP contribution in [0.4, 0.5) is 5.69 Å². The summed E-state index contributed by atoms with van der Waals surface area (Å²) >= 11 is 6.99. The summed E-state index contributed by atoms with van der Waals surface area (Å²) in [4.78, 5) is 15.3. The van der Waals surface area contributed by atoms with Crippen molar-refractivity contribution < 1.29 is 4.92 Å². The molecule has 2 aromatic rings. The first-order chi connectivity index (χ1) is 8.56. The minimum absolute atomic E-state index is 0.0371. The number of aromatic nitrogens is 1. The number of nitro groups is 1. The van der Waals surface area contributed by atoms with Gasteiger partial charge in [0, 0.05) is 11.0 Å². The van der Waals surface area contributed by atoms with Crippen molar-refractivity contribution in [1.82, 2.24) is 4.98 Å². The second kappa shape index (κ2) is 5.37. The van der Waals surface area contributed by atoms with Crippen molar-refractivity contribution >= 4 is 29.1 Å². The highest BCUT2D eigenvalue weighted by molar-refractivity contribution is 7.99. The molecule has 0 unspecified atom stereocenters. The second-order valence-corrected chi connectivity index (χ2v) is 5.08. The number of hydrogen-bond donors (Lipinski definition) is 0. The van der Waals surface area contributed by atoms with E-state index in [1.807, 2.05) is 31.2 Å². The van der Waals surface area contributed by atoms with Crippen LogP contribution in [-0.2, 0) is 0 Å². The zero-order valence-electron chi connectivity index (χ0n) is 9.46. The highest BCUT2D eigenvalue weighted by Gasteiger charge is 2.16. The van der Waals surface area contributed by atoms with Crippen LogP contribution in [0.1, 0.15) is 5.56 Å². The number of benzene rings is 1. The molecule has 1 aromatic carbocycles. The van der Waals surface area contributed by atoms with Crippen LogP contribution in [0.5, 0.6) is 0 Å². The Bertz CT molecular complexity index is 587. The molecular weight excluding hydrogens is 272 g/mol. The Kier molecular flexibility index (Phi) is 3.84. The van der Waals surface area contributed by atoms with Crippen LogP contribution in [0.25, 0.3) is 0 Å². The topological polar surface area (TPSA) is 56.0 Å². The minimum atomic E-state index is -0.458. The van der Waals surface area contributed by atoms with Gasteiger partial charge in [-0.15, -0.1) is 0 Å². The number of halogens is 1. The summed E-state index contributed by atoms with van der Waals surface area (Å²) in [7, 11) is 0. The standard InChI is InChI=1S/C12H9ClN2O2S/c1-8-2-4-9(5-3-8)18-12-10(15(16)17)6-7-11(13)14-12/h2-7H,1H3. The molecule has 0 bridgehead atoms. The third-order valence-electron chi connectivity index (χ3n) is 2.24. The zero-order valence-corrected chi connectivity index (χ0v) is 11.0. The van der Waals surface area contributed by atoms with Gasteiger partial charge >= 0.3 is 5.69 Å². The van der Waals surface area contributed by atoms with E-state index in [1.165, 1.54) is 23.9 Å². The van der Waals surface area contributed by atoms with Gasteiger partial charge in [0.1, 0.15) is 5.15 Å². The smallest absolute Gasteiger partial charge is 0.258 e. The predicted molar refractivity (Wildman–Crippen MR) is 71.2 cm³/mol. The summed E-state index contributed by atoms with van der Waals surface area (Å²) in [5, 5.41) is 11.4. The molecule has 92 valence electrons. The first kappa shape index (κ1) is 12.9. The molecule has 0 saturated heterocycles. The molecule has 0 amide bonds. The van der Waals surface area contributed by atoms with Crippen LogP contribution in [-0.4, -0.2) is 9.91 Å². The molecule has 0 aliphatic rings. The molecule has 0 saturated carbocycles. The van der Waals surface area contributed by atoms with Crippen molar-refractivity contribution in [1.29, 1.82) is 0 Å². The van der Waals surface area contributed by atoms with Gasteiger partial charge in [-0.1, -0.05) is 41.1 Å². The monoisotopic (exact) mass is 280 g/mol. The summed E-state index contributed by atoms with van der Waals surface area (Å²) < 4.78 is 0. The lowest BCUT2D eigenvalue weighted by molar-refractivity contribution is -0.388. The van der Waals surface area contributed by atoms with E-state index in [2.05, 4.69) is 4.98 Å². The van der Waals surface area contributed by atoms with Gasteiger partial charge in [-0.25, -0.2) is 4.98 Å². The van der Waals surface area contributed by atoms with Crippen LogP contribution in [0.2, 0.25) is 5.15 Å². The Labute approximate surface area is 113 Å². The van der Waals surface area contributed by atoms with Crippen molar-refractivity contribution in [2.45, 2.75) is 16.8 Å². The average molecular weight is 281 g/mol. The van der Waals surface area contributed by atoms with Gasteiger partial charge in [0.15, 0.2) is 5.03 Å². The summed E-state index contributed by atoms with van der Waals surface area (Å²) in [5.74, 6) is 0. The molecule has 0 fully saturated rings. The van der Waals surface area contributed by atoms with Crippen LogP contribution >= 0.6 is 23.4 Å². The Balaban J connectivity index is 2.35. The molecule has 1 heterocycles. The van der Waals surface area contributed by atoms with Crippen molar-refractivity contribution in [3.8, 4) is 0 Å². The molecule has 2 rings (SSSR count). The lowest BCUT2D eigenvalue weighted by Gasteiger charge is -2.03. The molecule has 18 heavy (non-hydrogen) atoms. The van der Waals surface area contributed by atoms with Crippen molar-refractivity contribution in [3.63, 3.8) is 0 Å². The fraction of sp³-hybridized carbons (Fsp3) is 0.0833. The molecular formula is C12H9ClN2O2S. The van der Waals surface area contributed by atoms with Crippen molar-refractivity contribution in [3.05, 3.63) is 57.2 Å². The maximum absolute atomic E-state index is 10.9. The van der Waals surface area contributed by atoms with E-state index in [-0.39, 0.29) is 10.8 Å². The van der Waals surface area contributed by atoms with Gasteiger partial charge in [0.25, 0.3) is 0 Å². The number of aryl methyl sites for hydroxylation is 1. The molecule has 0 spiro atoms. The molecule has 0 aliphatic carbocycles. The largest absolute Gasteiger partial charge is 0.301 e. The molecule has 0 aliphatic heterocycles.